The molecule has 0 aromatic carbocycles. The Morgan fingerprint density at radius 2 is 2.00 bits per heavy atom. The zero-order valence-electron chi connectivity index (χ0n) is 12.8. The molecule has 8 heteroatoms. The van der Waals surface area contributed by atoms with Gasteiger partial charge in [0, 0.05) is 18.6 Å². The van der Waals surface area contributed by atoms with Gasteiger partial charge in [0.1, 0.15) is 17.7 Å². The SMILES string of the molecule is Cc1nc2ccccn2c1C(=O)Nc1cnc(-n2ccnc2)nc1. The number of nitrogens with one attached hydrogen (secondary N) is 1. The van der Waals surface area contributed by atoms with Crippen LogP contribution in [0.4, 0.5) is 5.69 Å². The second-order valence-corrected chi connectivity index (χ2v) is 5.17. The smallest absolute Gasteiger partial charge is 0.274 e. The first kappa shape index (κ1) is 14.1. The molecule has 4 aromatic heterocycles. The van der Waals surface area contributed by atoms with Crippen molar-refractivity contribution in [1.29, 1.82) is 0 Å². The predicted molar refractivity (Wildman–Crippen MR) is 87.0 cm³/mol. The number of fused-ring (bicyclic) bond motifs is 1. The molecule has 0 saturated heterocycles. The average molecular weight is 319 g/mol. The molecule has 1 amide bonds. The number of hydrogen-bond donors (Lipinski definition) is 1. The van der Waals surface area contributed by atoms with Crippen LogP contribution in [-0.2, 0) is 0 Å². The summed E-state index contributed by atoms with van der Waals surface area (Å²) >= 11 is 0. The van der Waals surface area contributed by atoms with E-state index in [-0.39, 0.29) is 5.91 Å². The second-order valence-electron chi connectivity index (χ2n) is 5.17. The lowest BCUT2D eigenvalue weighted by Gasteiger charge is -2.06. The van der Waals surface area contributed by atoms with Gasteiger partial charge in [-0.2, -0.15) is 0 Å². The van der Waals surface area contributed by atoms with E-state index in [0.717, 1.165) is 5.65 Å². The summed E-state index contributed by atoms with van der Waals surface area (Å²) in [6.07, 6.45) is 9.91. The minimum atomic E-state index is -0.259. The van der Waals surface area contributed by atoms with E-state index in [4.69, 9.17) is 0 Å². The van der Waals surface area contributed by atoms with Gasteiger partial charge in [0.2, 0.25) is 5.95 Å². The zero-order chi connectivity index (χ0) is 16.5. The Labute approximate surface area is 136 Å². The molecule has 118 valence electrons. The molecule has 1 N–H and O–H groups in total. The van der Waals surface area contributed by atoms with Crippen LogP contribution in [0.3, 0.4) is 0 Å². The molecule has 0 spiro atoms. The maximum atomic E-state index is 12.6. The first-order valence-electron chi connectivity index (χ1n) is 7.28. The van der Waals surface area contributed by atoms with E-state index in [2.05, 4.69) is 25.3 Å². The molecule has 0 fully saturated rings. The van der Waals surface area contributed by atoms with Crippen LogP contribution in [0.1, 0.15) is 16.2 Å². The highest BCUT2D eigenvalue weighted by molar-refractivity contribution is 6.04. The number of hydrogen-bond acceptors (Lipinski definition) is 5. The Balaban J connectivity index is 1.60. The molecule has 4 heterocycles. The van der Waals surface area contributed by atoms with Gasteiger partial charge in [-0.05, 0) is 19.1 Å². The summed E-state index contributed by atoms with van der Waals surface area (Å²) < 4.78 is 3.44. The Kier molecular flexibility index (Phi) is 3.27. The third-order valence-corrected chi connectivity index (χ3v) is 3.55. The van der Waals surface area contributed by atoms with E-state index in [1.165, 1.54) is 0 Å². The zero-order valence-corrected chi connectivity index (χ0v) is 12.8. The second kappa shape index (κ2) is 5.58. The van der Waals surface area contributed by atoms with Crippen LogP contribution in [0.5, 0.6) is 0 Å². The van der Waals surface area contributed by atoms with E-state index >= 15 is 0 Å². The first-order chi connectivity index (χ1) is 11.7. The van der Waals surface area contributed by atoms with Crippen LogP contribution in [0.2, 0.25) is 0 Å². The monoisotopic (exact) mass is 319 g/mol. The quantitative estimate of drug-likeness (QED) is 0.622. The maximum absolute atomic E-state index is 12.6. The van der Waals surface area contributed by atoms with Gasteiger partial charge < -0.3 is 5.32 Å². The van der Waals surface area contributed by atoms with Crippen molar-refractivity contribution in [2.24, 2.45) is 0 Å². The third kappa shape index (κ3) is 2.39. The predicted octanol–water partition coefficient (Wildman–Crippen LogP) is 1.87. The van der Waals surface area contributed by atoms with Crippen LogP contribution in [-0.4, -0.2) is 34.8 Å². The standard InChI is InChI=1S/C16H13N7O/c1-11-14(23-6-3-2-4-13(23)20-11)15(24)21-12-8-18-16(19-9-12)22-7-5-17-10-22/h2-10H,1H3,(H,21,24). The fourth-order valence-electron chi connectivity index (χ4n) is 2.47. The van der Waals surface area contributed by atoms with Gasteiger partial charge >= 0.3 is 0 Å². The average Bonchev–Trinajstić information content (AvgIpc) is 3.22. The van der Waals surface area contributed by atoms with E-state index < -0.39 is 0 Å². The summed E-state index contributed by atoms with van der Waals surface area (Å²) in [5.41, 5.74) is 2.39. The largest absolute Gasteiger partial charge is 0.318 e. The number of nitrogens with zero attached hydrogens (tertiary/aromatic N) is 6. The van der Waals surface area contributed by atoms with E-state index in [1.807, 2.05) is 24.4 Å². The molecule has 24 heavy (non-hydrogen) atoms. The lowest BCUT2D eigenvalue weighted by molar-refractivity contribution is 0.102. The molecule has 0 aliphatic rings. The number of imidazole rings is 2. The Hall–Kier alpha value is -3.55. The molecule has 0 aliphatic heterocycles. The summed E-state index contributed by atoms with van der Waals surface area (Å²) in [5.74, 6) is 0.224. The van der Waals surface area contributed by atoms with Crippen molar-refractivity contribution in [1.82, 2.24) is 28.9 Å². The number of carbonyl (C=O) groups is 1. The topological polar surface area (TPSA) is 90.0 Å². The number of aryl methyl sites for hydroxylation is 1. The number of amides is 1. The molecule has 0 aliphatic carbocycles. The molecular formula is C16H13N7O. The minimum absolute atomic E-state index is 0.259. The van der Waals surface area contributed by atoms with E-state index in [0.29, 0.717) is 23.0 Å². The fourth-order valence-corrected chi connectivity index (χ4v) is 2.47. The molecule has 0 bridgehead atoms. The maximum Gasteiger partial charge on any atom is 0.274 e. The highest BCUT2D eigenvalue weighted by Crippen LogP contribution is 2.14. The Morgan fingerprint density at radius 1 is 1.17 bits per heavy atom. The highest BCUT2D eigenvalue weighted by atomic mass is 16.2. The van der Waals surface area contributed by atoms with Gasteiger partial charge in [0.05, 0.1) is 23.8 Å². The summed E-state index contributed by atoms with van der Waals surface area (Å²) in [6, 6.07) is 5.59. The highest BCUT2D eigenvalue weighted by Gasteiger charge is 2.16. The van der Waals surface area contributed by atoms with Gasteiger partial charge in [-0.15, -0.1) is 0 Å². The number of carbonyl (C=O) groups excluding carboxylic acids is 1. The third-order valence-electron chi connectivity index (χ3n) is 3.55. The lowest BCUT2D eigenvalue weighted by Crippen LogP contribution is -2.16. The normalized spacial score (nSPS) is 10.9. The van der Waals surface area contributed by atoms with Gasteiger partial charge in [-0.1, -0.05) is 6.07 Å². The molecule has 0 radical (unpaired) electrons. The van der Waals surface area contributed by atoms with Crippen LogP contribution >= 0.6 is 0 Å². The summed E-state index contributed by atoms with van der Waals surface area (Å²) in [5, 5.41) is 2.80. The molecule has 0 unspecified atom stereocenters. The van der Waals surface area contributed by atoms with Gasteiger partial charge in [0.15, 0.2) is 0 Å². The number of anilines is 1. The van der Waals surface area contributed by atoms with Crippen molar-refractivity contribution >= 4 is 17.2 Å². The van der Waals surface area contributed by atoms with Crippen LogP contribution in [0.25, 0.3) is 11.6 Å². The molecule has 4 rings (SSSR count). The molecule has 0 atom stereocenters. The Bertz CT molecular complexity index is 1000. The minimum Gasteiger partial charge on any atom is -0.318 e. The summed E-state index contributed by atoms with van der Waals surface area (Å²) in [4.78, 5) is 29.3. The molecule has 8 nitrogen and oxygen atoms in total. The van der Waals surface area contributed by atoms with Crippen molar-refractivity contribution in [3.05, 3.63) is 66.9 Å². The van der Waals surface area contributed by atoms with E-state index in [9.17, 15) is 4.79 Å². The Morgan fingerprint density at radius 3 is 2.75 bits per heavy atom. The van der Waals surface area contributed by atoms with Crippen molar-refractivity contribution < 1.29 is 4.79 Å². The van der Waals surface area contributed by atoms with Crippen LogP contribution in [0.15, 0.2) is 55.5 Å². The van der Waals surface area contributed by atoms with Crippen molar-refractivity contribution in [3.63, 3.8) is 0 Å². The first-order valence-corrected chi connectivity index (χ1v) is 7.28. The van der Waals surface area contributed by atoms with Crippen molar-refractivity contribution in [3.8, 4) is 5.95 Å². The number of aromatic nitrogens is 6. The summed E-state index contributed by atoms with van der Waals surface area (Å²) in [7, 11) is 0. The molecule has 4 aromatic rings. The fraction of sp³-hybridized carbons (Fsp3) is 0.0625. The van der Waals surface area contributed by atoms with Crippen molar-refractivity contribution in [2.75, 3.05) is 5.32 Å². The molecule has 0 saturated carbocycles. The summed E-state index contributed by atoms with van der Waals surface area (Å²) in [6.45, 7) is 1.81. The molecular weight excluding hydrogens is 306 g/mol. The van der Waals surface area contributed by atoms with Crippen LogP contribution in [0, 0.1) is 6.92 Å². The van der Waals surface area contributed by atoms with E-state index in [1.54, 1.807) is 47.0 Å². The van der Waals surface area contributed by atoms with Crippen LogP contribution < -0.4 is 5.32 Å². The van der Waals surface area contributed by atoms with Crippen molar-refractivity contribution in [2.45, 2.75) is 6.92 Å². The van der Waals surface area contributed by atoms with Gasteiger partial charge in [0.25, 0.3) is 5.91 Å². The van der Waals surface area contributed by atoms with Gasteiger partial charge in [-0.3, -0.25) is 13.8 Å². The van der Waals surface area contributed by atoms with Gasteiger partial charge in [-0.25, -0.2) is 19.9 Å². The lowest BCUT2D eigenvalue weighted by atomic mass is 10.3. The number of pyridine rings is 1. The number of rotatable bonds is 3.